The van der Waals surface area contributed by atoms with Crippen molar-refractivity contribution in [2.24, 2.45) is 5.92 Å². The van der Waals surface area contributed by atoms with Gasteiger partial charge in [-0.05, 0) is 50.3 Å². The highest BCUT2D eigenvalue weighted by Gasteiger charge is 2.34. The van der Waals surface area contributed by atoms with Gasteiger partial charge in [0.1, 0.15) is 0 Å². The van der Waals surface area contributed by atoms with Crippen molar-refractivity contribution < 1.29 is 0 Å². The lowest BCUT2D eigenvalue weighted by atomic mass is 9.75. The Bertz CT molecular complexity index is 448. The highest BCUT2D eigenvalue weighted by Crippen LogP contribution is 2.38. The summed E-state index contributed by atoms with van der Waals surface area (Å²) < 4.78 is 0. The average molecular weight is 284 g/mol. The third-order valence-corrected chi connectivity index (χ3v) is 4.93. The van der Waals surface area contributed by atoms with Gasteiger partial charge in [0.05, 0.1) is 12.0 Å². The first kappa shape index (κ1) is 16.0. The Balaban J connectivity index is 2.10. The molecule has 2 heteroatoms. The van der Waals surface area contributed by atoms with E-state index >= 15 is 0 Å². The Morgan fingerprint density at radius 1 is 1.19 bits per heavy atom. The third-order valence-electron chi connectivity index (χ3n) is 4.93. The molecule has 0 radical (unpaired) electrons. The van der Waals surface area contributed by atoms with Gasteiger partial charge in [0, 0.05) is 6.04 Å². The molecule has 3 unspecified atom stereocenters. The predicted octanol–water partition coefficient (Wildman–Crippen LogP) is 4.58. The van der Waals surface area contributed by atoms with E-state index in [9.17, 15) is 5.26 Å². The van der Waals surface area contributed by atoms with Gasteiger partial charge >= 0.3 is 0 Å². The van der Waals surface area contributed by atoms with Crippen molar-refractivity contribution >= 4 is 0 Å². The molecule has 1 aliphatic carbocycles. The molecular weight excluding hydrogens is 256 g/mol. The Morgan fingerprint density at radius 2 is 1.95 bits per heavy atom. The summed E-state index contributed by atoms with van der Waals surface area (Å²) in [4.78, 5) is 2.55. The summed E-state index contributed by atoms with van der Waals surface area (Å²) in [6, 6.07) is 13.9. The Hall–Kier alpha value is -1.33. The number of hydrogen-bond donors (Lipinski definition) is 0. The normalized spacial score (nSPS) is 25.7. The highest BCUT2D eigenvalue weighted by atomic mass is 15.2. The molecule has 0 N–H and O–H groups in total. The van der Waals surface area contributed by atoms with E-state index in [1.54, 1.807) is 0 Å². The van der Waals surface area contributed by atoms with Crippen LogP contribution in [0.1, 0.15) is 57.4 Å². The van der Waals surface area contributed by atoms with Gasteiger partial charge in [-0.25, -0.2) is 0 Å². The largest absolute Gasteiger partial charge is 0.299 e. The molecule has 0 saturated heterocycles. The zero-order valence-electron chi connectivity index (χ0n) is 13.5. The lowest BCUT2D eigenvalue weighted by Gasteiger charge is -2.40. The molecule has 0 spiro atoms. The van der Waals surface area contributed by atoms with Gasteiger partial charge in [-0.1, -0.05) is 50.6 Å². The second kappa shape index (κ2) is 8.20. The van der Waals surface area contributed by atoms with Crippen LogP contribution in [0.25, 0.3) is 0 Å². The standard InChI is InChI=1S/C19H28N2/c1-3-5-13-21(4-2)19-14-17(11-12-18(19)15-20)16-9-7-6-8-10-16/h6-10,17-19H,3-5,11-14H2,1-2H3. The molecule has 2 nitrogen and oxygen atoms in total. The van der Waals surface area contributed by atoms with Crippen LogP contribution in [0.4, 0.5) is 0 Å². The Morgan fingerprint density at radius 3 is 2.57 bits per heavy atom. The van der Waals surface area contributed by atoms with Gasteiger partial charge in [0.2, 0.25) is 0 Å². The molecule has 1 aliphatic rings. The van der Waals surface area contributed by atoms with Gasteiger partial charge in [-0.3, -0.25) is 4.90 Å². The van der Waals surface area contributed by atoms with Crippen LogP contribution in [-0.4, -0.2) is 24.0 Å². The summed E-state index contributed by atoms with van der Waals surface area (Å²) >= 11 is 0. The van der Waals surface area contributed by atoms with Crippen LogP contribution in [0, 0.1) is 17.2 Å². The van der Waals surface area contributed by atoms with Crippen LogP contribution in [0.15, 0.2) is 30.3 Å². The maximum atomic E-state index is 9.51. The summed E-state index contributed by atoms with van der Waals surface area (Å²) in [5.74, 6) is 0.832. The van der Waals surface area contributed by atoms with Crippen molar-refractivity contribution in [2.45, 2.75) is 57.9 Å². The van der Waals surface area contributed by atoms with E-state index in [2.05, 4.69) is 55.1 Å². The minimum absolute atomic E-state index is 0.210. The first-order valence-electron chi connectivity index (χ1n) is 8.48. The highest BCUT2D eigenvalue weighted by molar-refractivity contribution is 5.21. The molecule has 1 fully saturated rings. The zero-order chi connectivity index (χ0) is 15.1. The molecule has 0 aromatic heterocycles. The van der Waals surface area contributed by atoms with Crippen molar-refractivity contribution in [1.29, 1.82) is 5.26 Å². The number of unbranched alkanes of at least 4 members (excludes halogenated alkanes) is 1. The molecule has 3 atom stereocenters. The van der Waals surface area contributed by atoms with Crippen LogP contribution in [-0.2, 0) is 0 Å². The molecule has 1 aromatic rings. The van der Waals surface area contributed by atoms with E-state index in [0.29, 0.717) is 12.0 Å². The second-order valence-corrected chi connectivity index (χ2v) is 6.21. The Kier molecular flexibility index (Phi) is 6.26. The number of benzene rings is 1. The topological polar surface area (TPSA) is 27.0 Å². The van der Waals surface area contributed by atoms with Crippen molar-refractivity contribution in [3.05, 3.63) is 35.9 Å². The summed E-state index contributed by atoms with van der Waals surface area (Å²) in [5.41, 5.74) is 1.45. The van der Waals surface area contributed by atoms with E-state index in [1.807, 2.05) is 0 Å². The van der Waals surface area contributed by atoms with Crippen LogP contribution in [0.2, 0.25) is 0 Å². The molecular formula is C19H28N2. The second-order valence-electron chi connectivity index (χ2n) is 6.21. The minimum atomic E-state index is 0.210. The van der Waals surface area contributed by atoms with Gasteiger partial charge in [0.15, 0.2) is 0 Å². The molecule has 0 amide bonds. The SMILES string of the molecule is CCCCN(CC)C1CC(c2ccccc2)CCC1C#N. The van der Waals surface area contributed by atoms with E-state index in [0.717, 1.165) is 32.4 Å². The summed E-state index contributed by atoms with van der Waals surface area (Å²) in [6.45, 7) is 6.67. The lowest BCUT2D eigenvalue weighted by molar-refractivity contribution is 0.121. The molecule has 1 aromatic carbocycles. The number of nitriles is 1. The maximum absolute atomic E-state index is 9.51. The molecule has 0 aliphatic heterocycles. The lowest BCUT2D eigenvalue weighted by Crippen LogP contribution is -2.44. The molecule has 21 heavy (non-hydrogen) atoms. The fourth-order valence-corrected chi connectivity index (χ4v) is 3.65. The van der Waals surface area contributed by atoms with Crippen molar-refractivity contribution in [3.8, 4) is 6.07 Å². The van der Waals surface area contributed by atoms with Gasteiger partial charge in [-0.15, -0.1) is 0 Å². The number of hydrogen-bond acceptors (Lipinski definition) is 2. The van der Waals surface area contributed by atoms with E-state index in [1.165, 1.54) is 18.4 Å². The fraction of sp³-hybridized carbons (Fsp3) is 0.632. The first-order chi connectivity index (χ1) is 10.3. The third kappa shape index (κ3) is 4.08. The van der Waals surface area contributed by atoms with E-state index < -0.39 is 0 Å². The molecule has 2 rings (SSSR count). The minimum Gasteiger partial charge on any atom is -0.299 e. The first-order valence-corrected chi connectivity index (χ1v) is 8.48. The number of nitrogens with zero attached hydrogens (tertiary/aromatic N) is 2. The van der Waals surface area contributed by atoms with Gasteiger partial charge < -0.3 is 0 Å². The van der Waals surface area contributed by atoms with E-state index in [-0.39, 0.29) is 5.92 Å². The Labute approximate surface area is 129 Å². The van der Waals surface area contributed by atoms with Gasteiger partial charge in [-0.2, -0.15) is 5.26 Å². The van der Waals surface area contributed by atoms with Crippen LogP contribution >= 0.6 is 0 Å². The molecule has 1 saturated carbocycles. The van der Waals surface area contributed by atoms with Crippen LogP contribution in [0.3, 0.4) is 0 Å². The summed E-state index contributed by atoms with van der Waals surface area (Å²) in [7, 11) is 0. The molecule has 0 heterocycles. The van der Waals surface area contributed by atoms with Crippen molar-refractivity contribution in [1.82, 2.24) is 4.90 Å². The van der Waals surface area contributed by atoms with Crippen molar-refractivity contribution in [2.75, 3.05) is 13.1 Å². The molecule has 114 valence electrons. The summed E-state index contributed by atoms with van der Waals surface area (Å²) in [5, 5.41) is 9.51. The quantitative estimate of drug-likeness (QED) is 0.764. The monoisotopic (exact) mass is 284 g/mol. The van der Waals surface area contributed by atoms with Crippen molar-refractivity contribution in [3.63, 3.8) is 0 Å². The summed E-state index contributed by atoms with van der Waals surface area (Å²) in [6.07, 6.45) is 5.80. The average Bonchev–Trinajstić information content (AvgIpc) is 2.56. The molecule has 0 bridgehead atoms. The van der Waals surface area contributed by atoms with Gasteiger partial charge in [0.25, 0.3) is 0 Å². The fourth-order valence-electron chi connectivity index (χ4n) is 3.65. The number of rotatable bonds is 6. The maximum Gasteiger partial charge on any atom is 0.0672 e. The smallest absolute Gasteiger partial charge is 0.0672 e. The van der Waals surface area contributed by atoms with E-state index in [4.69, 9.17) is 0 Å². The zero-order valence-corrected chi connectivity index (χ0v) is 13.5. The van der Waals surface area contributed by atoms with Crippen LogP contribution in [0.5, 0.6) is 0 Å². The van der Waals surface area contributed by atoms with Crippen LogP contribution < -0.4 is 0 Å². The predicted molar refractivity (Wildman–Crippen MR) is 88.1 cm³/mol.